The molecule has 2 aliphatic rings. The molecule has 2 aromatic carbocycles. The summed E-state index contributed by atoms with van der Waals surface area (Å²) in [5.74, 6) is 1.17. The Labute approximate surface area is 188 Å². The summed E-state index contributed by atoms with van der Waals surface area (Å²) in [6.45, 7) is 5.42. The Morgan fingerprint density at radius 3 is 2.47 bits per heavy atom. The molecule has 0 bridgehead atoms. The molecule has 0 aromatic heterocycles. The molecule has 0 amide bonds. The number of carbonyl (C=O) groups excluding carboxylic acids is 2. The smallest absolute Gasteiger partial charge is 0.338 e. The number of hydrogen-bond donors (Lipinski definition) is 0. The van der Waals surface area contributed by atoms with Crippen molar-refractivity contribution in [2.75, 3.05) is 20.7 Å². The minimum atomic E-state index is -0.411. The largest absolute Gasteiger partial charge is 0.493 e. The summed E-state index contributed by atoms with van der Waals surface area (Å²) in [4.78, 5) is 26.3. The summed E-state index contributed by atoms with van der Waals surface area (Å²) in [7, 11) is 3.75. The van der Waals surface area contributed by atoms with Crippen LogP contribution in [0.5, 0.6) is 11.5 Å². The molecular weight excluding hydrogens is 406 g/mol. The highest BCUT2D eigenvalue weighted by atomic mass is 16.6. The van der Waals surface area contributed by atoms with Crippen molar-refractivity contribution in [3.8, 4) is 11.5 Å². The van der Waals surface area contributed by atoms with Gasteiger partial charge in [-0.2, -0.15) is 0 Å². The fraction of sp³-hybridized carbons (Fsp3) is 0.385. The van der Waals surface area contributed by atoms with Gasteiger partial charge in [0.15, 0.2) is 17.3 Å². The van der Waals surface area contributed by atoms with E-state index in [4.69, 9.17) is 14.2 Å². The van der Waals surface area contributed by atoms with Gasteiger partial charge in [-0.15, -0.1) is 0 Å². The Balaban J connectivity index is 1.51. The molecule has 1 aliphatic heterocycles. The Hall–Kier alpha value is -3.12. The van der Waals surface area contributed by atoms with Crippen molar-refractivity contribution in [2.24, 2.45) is 0 Å². The summed E-state index contributed by atoms with van der Waals surface area (Å²) in [6.07, 6.45) is 4.12. The topological polar surface area (TPSA) is 65.1 Å². The van der Waals surface area contributed by atoms with Gasteiger partial charge in [-0.3, -0.25) is 4.79 Å². The second kappa shape index (κ2) is 9.17. The zero-order valence-corrected chi connectivity index (χ0v) is 19.0. The van der Waals surface area contributed by atoms with Crippen molar-refractivity contribution >= 4 is 11.8 Å². The highest BCUT2D eigenvalue weighted by Crippen LogP contribution is 2.49. The van der Waals surface area contributed by atoms with Crippen LogP contribution < -0.4 is 9.47 Å². The van der Waals surface area contributed by atoms with Crippen molar-refractivity contribution in [1.29, 1.82) is 0 Å². The van der Waals surface area contributed by atoms with Crippen LogP contribution in [0, 0.1) is 0 Å². The van der Waals surface area contributed by atoms with Crippen molar-refractivity contribution in [2.45, 2.75) is 44.9 Å². The number of ketones is 1. The maximum Gasteiger partial charge on any atom is 0.338 e. The third kappa shape index (κ3) is 4.28. The maximum atomic E-state index is 12.6. The quantitative estimate of drug-likeness (QED) is 0.365. The standard InChI is InChI=1S/C26H29NO5/c1-5-27(3)15-19-10-13-22(30-4)25-24(19)21-12-11-20(14-23(21)32-25)31-26(29)18-8-6-17(7-9-18)16(2)28/h6-13,20-21,23H,5,14-15H2,1-4H3. The molecule has 6 heteroatoms. The van der Waals surface area contributed by atoms with Gasteiger partial charge in [0, 0.05) is 30.0 Å². The number of esters is 1. The molecule has 6 nitrogen and oxygen atoms in total. The zero-order chi connectivity index (χ0) is 22.8. The number of rotatable bonds is 7. The first kappa shape index (κ1) is 22.1. The Kier molecular flexibility index (Phi) is 6.33. The molecule has 1 aliphatic carbocycles. The van der Waals surface area contributed by atoms with Crippen LogP contribution in [0.3, 0.4) is 0 Å². The van der Waals surface area contributed by atoms with E-state index < -0.39 is 5.97 Å². The number of nitrogens with zero attached hydrogens (tertiary/aromatic N) is 1. The highest BCUT2D eigenvalue weighted by molar-refractivity contribution is 5.96. The Morgan fingerprint density at radius 1 is 1.09 bits per heavy atom. The summed E-state index contributed by atoms with van der Waals surface area (Å²) >= 11 is 0. The van der Waals surface area contributed by atoms with Crippen LogP contribution in [0.1, 0.15) is 58.0 Å². The maximum absolute atomic E-state index is 12.6. The molecule has 0 saturated heterocycles. The molecule has 0 radical (unpaired) electrons. The van der Waals surface area contributed by atoms with E-state index in [-0.39, 0.29) is 23.9 Å². The third-order valence-electron chi connectivity index (χ3n) is 6.24. The molecule has 1 heterocycles. The van der Waals surface area contributed by atoms with E-state index in [0.717, 1.165) is 30.2 Å². The monoisotopic (exact) mass is 435 g/mol. The second-order valence-electron chi connectivity index (χ2n) is 8.38. The van der Waals surface area contributed by atoms with Crippen molar-refractivity contribution in [1.82, 2.24) is 4.90 Å². The van der Waals surface area contributed by atoms with Crippen LogP contribution in [0.15, 0.2) is 48.6 Å². The molecule has 2 aromatic rings. The van der Waals surface area contributed by atoms with Gasteiger partial charge >= 0.3 is 5.97 Å². The first-order valence-electron chi connectivity index (χ1n) is 11.0. The van der Waals surface area contributed by atoms with Gasteiger partial charge in [-0.25, -0.2) is 4.79 Å². The molecule has 0 saturated carbocycles. The molecule has 0 spiro atoms. The lowest BCUT2D eigenvalue weighted by Gasteiger charge is -2.26. The molecule has 0 N–H and O–H groups in total. The zero-order valence-electron chi connectivity index (χ0n) is 19.0. The third-order valence-corrected chi connectivity index (χ3v) is 6.24. The average Bonchev–Trinajstić information content (AvgIpc) is 3.18. The van der Waals surface area contributed by atoms with Crippen molar-refractivity contribution in [3.05, 3.63) is 70.8 Å². The van der Waals surface area contributed by atoms with E-state index in [0.29, 0.717) is 17.5 Å². The summed E-state index contributed by atoms with van der Waals surface area (Å²) in [5.41, 5.74) is 3.38. The van der Waals surface area contributed by atoms with Crippen LogP contribution in [0.4, 0.5) is 0 Å². The fourth-order valence-corrected chi connectivity index (χ4v) is 4.32. The van der Waals surface area contributed by atoms with E-state index in [9.17, 15) is 9.59 Å². The number of Topliss-reactive ketones (excluding diaryl/α,β-unsaturated/α-hetero) is 1. The minimum Gasteiger partial charge on any atom is -0.493 e. The van der Waals surface area contributed by atoms with Gasteiger partial charge in [0.1, 0.15) is 12.2 Å². The minimum absolute atomic E-state index is 0.0379. The summed E-state index contributed by atoms with van der Waals surface area (Å²) in [5, 5.41) is 0. The lowest BCUT2D eigenvalue weighted by atomic mass is 9.85. The first-order valence-corrected chi connectivity index (χ1v) is 11.0. The summed E-state index contributed by atoms with van der Waals surface area (Å²) in [6, 6.07) is 10.6. The molecule has 3 atom stereocenters. The van der Waals surface area contributed by atoms with Crippen LogP contribution in [-0.2, 0) is 11.3 Å². The number of hydrogen-bond acceptors (Lipinski definition) is 6. The normalized spacial score (nSPS) is 21.0. The lowest BCUT2D eigenvalue weighted by Crippen LogP contribution is -2.30. The van der Waals surface area contributed by atoms with Gasteiger partial charge in [0.25, 0.3) is 0 Å². The SMILES string of the molecule is CCN(C)Cc1ccc(OC)c2c1C1C=CC(OC(=O)c3ccc(C(C)=O)cc3)CC1O2. The van der Waals surface area contributed by atoms with E-state index >= 15 is 0 Å². The molecule has 0 fully saturated rings. The molecule has 168 valence electrons. The number of benzene rings is 2. The second-order valence-corrected chi connectivity index (χ2v) is 8.38. The van der Waals surface area contributed by atoms with Gasteiger partial charge in [-0.05, 0) is 50.4 Å². The van der Waals surface area contributed by atoms with Crippen LogP contribution >= 0.6 is 0 Å². The highest BCUT2D eigenvalue weighted by Gasteiger charge is 2.41. The Morgan fingerprint density at radius 2 is 1.81 bits per heavy atom. The predicted octanol–water partition coefficient (Wildman–Crippen LogP) is 4.38. The van der Waals surface area contributed by atoms with E-state index in [1.54, 1.807) is 31.4 Å². The fourth-order valence-electron chi connectivity index (χ4n) is 4.32. The van der Waals surface area contributed by atoms with Gasteiger partial charge < -0.3 is 19.1 Å². The number of carbonyl (C=O) groups is 2. The van der Waals surface area contributed by atoms with Crippen LogP contribution in [-0.4, -0.2) is 49.6 Å². The van der Waals surface area contributed by atoms with Gasteiger partial charge in [-0.1, -0.05) is 31.2 Å². The van der Waals surface area contributed by atoms with Crippen LogP contribution in [0.25, 0.3) is 0 Å². The number of fused-ring (bicyclic) bond motifs is 3. The number of methoxy groups -OCH3 is 1. The van der Waals surface area contributed by atoms with E-state index in [1.807, 2.05) is 12.1 Å². The molecule has 3 unspecified atom stereocenters. The molecule has 4 rings (SSSR count). The van der Waals surface area contributed by atoms with E-state index in [2.05, 4.69) is 31.0 Å². The average molecular weight is 436 g/mol. The van der Waals surface area contributed by atoms with Crippen molar-refractivity contribution < 1.29 is 23.8 Å². The predicted molar refractivity (Wildman–Crippen MR) is 122 cm³/mol. The van der Waals surface area contributed by atoms with Gasteiger partial charge in [0.05, 0.1) is 12.7 Å². The number of ether oxygens (including phenoxy) is 3. The van der Waals surface area contributed by atoms with Crippen molar-refractivity contribution in [3.63, 3.8) is 0 Å². The van der Waals surface area contributed by atoms with E-state index in [1.165, 1.54) is 12.5 Å². The summed E-state index contributed by atoms with van der Waals surface area (Å²) < 4.78 is 17.6. The Bertz CT molecular complexity index is 1040. The van der Waals surface area contributed by atoms with Crippen LogP contribution in [0.2, 0.25) is 0 Å². The molecular formula is C26H29NO5. The molecule has 32 heavy (non-hydrogen) atoms. The lowest BCUT2D eigenvalue weighted by molar-refractivity contribution is 0.0281. The first-order chi connectivity index (χ1) is 15.4. The van der Waals surface area contributed by atoms with Gasteiger partial charge in [0.2, 0.25) is 0 Å².